The molecule has 2 rings (SSSR count). The molecule has 1 aromatic heterocycles. The van der Waals surface area contributed by atoms with Crippen molar-refractivity contribution in [3.63, 3.8) is 0 Å². The summed E-state index contributed by atoms with van der Waals surface area (Å²) in [4.78, 5) is 4.31. The van der Waals surface area contributed by atoms with Crippen LogP contribution in [0.5, 0.6) is 0 Å². The van der Waals surface area contributed by atoms with Gasteiger partial charge in [0.1, 0.15) is 0 Å². The number of nitrogens with zero attached hydrogens (tertiary/aromatic N) is 1. The number of nitrogens with two attached hydrogens (primary N) is 1. The first-order chi connectivity index (χ1) is 8.69. The van der Waals surface area contributed by atoms with E-state index >= 15 is 0 Å². The van der Waals surface area contributed by atoms with Crippen LogP contribution in [0.25, 0.3) is 0 Å². The van der Waals surface area contributed by atoms with Crippen LogP contribution in [-0.2, 0) is 6.42 Å². The molecule has 0 radical (unpaired) electrons. The fourth-order valence-corrected chi connectivity index (χ4v) is 2.17. The number of halogens is 1. The number of nitrogens with one attached hydrogen (secondary N) is 1. The van der Waals surface area contributed by atoms with Crippen LogP contribution in [-0.4, -0.2) is 4.98 Å². The molecule has 0 amide bonds. The van der Waals surface area contributed by atoms with E-state index in [4.69, 9.17) is 5.84 Å². The van der Waals surface area contributed by atoms with Gasteiger partial charge in [-0.3, -0.25) is 16.3 Å². The van der Waals surface area contributed by atoms with Crippen molar-refractivity contribution in [3.8, 4) is 0 Å². The summed E-state index contributed by atoms with van der Waals surface area (Å²) < 4.78 is 1.24. The first kappa shape index (κ1) is 13.5. The third-order valence-electron chi connectivity index (χ3n) is 2.89. The Balaban J connectivity index is 2.14. The van der Waals surface area contributed by atoms with Gasteiger partial charge in [0, 0.05) is 15.5 Å². The summed E-state index contributed by atoms with van der Waals surface area (Å²) in [7, 11) is 0. The smallest absolute Gasteiger partial charge is 0.0515 e. The predicted molar refractivity (Wildman–Crippen MR) is 81.9 cm³/mol. The summed E-state index contributed by atoms with van der Waals surface area (Å²) in [5, 5.41) is 0. The van der Waals surface area contributed by atoms with Gasteiger partial charge in [0.2, 0.25) is 0 Å². The topological polar surface area (TPSA) is 50.9 Å². The second-order valence-corrected chi connectivity index (χ2v) is 5.53. The predicted octanol–water partition coefficient (Wildman–Crippen LogP) is 2.74. The van der Waals surface area contributed by atoms with E-state index in [9.17, 15) is 0 Å². The van der Waals surface area contributed by atoms with Crippen LogP contribution < -0.4 is 11.3 Å². The highest BCUT2D eigenvalue weighted by molar-refractivity contribution is 14.1. The summed E-state index contributed by atoms with van der Waals surface area (Å²) in [5.74, 6) is 5.64. The Morgan fingerprint density at radius 3 is 2.50 bits per heavy atom. The Kier molecular flexibility index (Phi) is 4.68. The third-order valence-corrected chi connectivity index (χ3v) is 3.61. The van der Waals surface area contributed by atoms with Gasteiger partial charge in [-0.15, -0.1) is 0 Å². The van der Waals surface area contributed by atoms with Crippen LogP contribution >= 0.6 is 22.6 Å². The van der Waals surface area contributed by atoms with Crippen LogP contribution in [0, 0.1) is 10.5 Å². The molecule has 3 N–H and O–H groups in total. The number of aryl methyl sites for hydroxylation is 1. The zero-order chi connectivity index (χ0) is 13.0. The van der Waals surface area contributed by atoms with Crippen molar-refractivity contribution in [2.24, 2.45) is 5.84 Å². The fraction of sp³-hybridized carbons (Fsp3) is 0.214. The number of pyridine rings is 1. The number of hydrogen-bond acceptors (Lipinski definition) is 3. The minimum atomic E-state index is 0.0955. The molecular formula is C14H16IN3. The molecule has 3 nitrogen and oxygen atoms in total. The lowest BCUT2D eigenvalue weighted by Crippen LogP contribution is -2.29. The monoisotopic (exact) mass is 353 g/mol. The van der Waals surface area contributed by atoms with E-state index in [1.165, 1.54) is 9.13 Å². The molecule has 0 aliphatic rings. The van der Waals surface area contributed by atoms with Crippen LogP contribution in [0.15, 0.2) is 42.6 Å². The average Bonchev–Trinajstić information content (AvgIpc) is 2.39. The Labute approximate surface area is 121 Å². The van der Waals surface area contributed by atoms with Gasteiger partial charge in [-0.05, 0) is 65.3 Å². The zero-order valence-corrected chi connectivity index (χ0v) is 12.4. The van der Waals surface area contributed by atoms with Crippen molar-refractivity contribution in [2.75, 3.05) is 0 Å². The molecule has 0 fully saturated rings. The fourth-order valence-electron chi connectivity index (χ4n) is 1.81. The van der Waals surface area contributed by atoms with E-state index in [0.29, 0.717) is 0 Å². The lowest BCUT2D eigenvalue weighted by Gasteiger charge is -2.16. The Bertz CT molecular complexity index is 493. The average molecular weight is 353 g/mol. The van der Waals surface area contributed by atoms with Crippen molar-refractivity contribution < 1.29 is 0 Å². The van der Waals surface area contributed by atoms with E-state index in [1.54, 1.807) is 0 Å². The van der Waals surface area contributed by atoms with Crippen LogP contribution in [0.2, 0.25) is 0 Å². The van der Waals surface area contributed by atoms with Crippen molar-refractivity contribution in [1.29, 1.82) is 0 Å². The summed E-state index contributed by atoms with van der Waals surface area (Å²) in [6, 6.07) is 12.7. The maximum absolute atomic E-state index is 5.64. The molecule has 0 bridgehead atoms. The Hall–Kier alpha value is -0.980. The van der Waals surface area contributed by atoms with Gasteiger partial charge in [-0.2, -0.15) is 0 Å². The molecule has 94 valence electrons. The molecule has 0 saturated heterocycles. The standard InChI is InChI=1S/C14H16IN3/c1-10-2-5-12(9-17-10)14(18-16)8-11-3-6-13(15)7-4-11/h2-7,9,14,18H,8,16H2,1H3. The number of hydrazine groups is 1. The minimum Gasteiger partial charge on any atom is -0.271 e. The second kappa shape index (κ2) is 6.26. The molecule has 0 aliphatic carbocycles. The lowest BCUT2D eigenvalue weighted by molar-refractivity contribution is 0.550. The van der Waals surface area contributed by atoms with Crippen molar-refractivity contribution in [3.05, 3.63) is 63.0 Å². The summed E-state index contributed by atoms with van der Waals surface area (Å²) in [5.41, 5.74) is 6.25. The summed E-state index contributed by atoms with van der Waals surface area (Å²) in [6.45, 7) is 1.98. The first-order valence-electron chi connectivity index (χ1n) is 5.82. The van der Waals surface area contributed by atoms with E-state index in [2.05, 4.69) is 63.3 Å². The number of rotatable bonds is 4. The summed E-state index contributed by atoms with van der Waals surface area (Å²) in [6.07, 6.45) is 2.74. The van der Waals surface area contributed by atoms with Crippen LogP contribution in [0.3, 0.4) is 0 Å². The molecule has 0 saturated carbocycles. The minimum absolute atomic E-state index is 0.0955. The molecular weight excluding hydrogens is 337 g/mol. The highest BCUT2D eigenvalue weighted by Gasteiger charge is 2.10. The largest absolute Gasteiger partial charge is 0.271 e. The van der Waals surface area contributed by atoms with Crippen LogP contribution in [0.4, 0.5) is 0 Å². The van der Waals surface area contributed by atoms with Gasteiger partial charge in [-0.1, -0.05) is 18.2 Å². The maximum Gasteiger partial charge on any atom is 0.0515 e. The van der Waals surface area contributed by atoms with Crippen molar-refractivity contribution >= 4 is 22.6 Å². The molecule has 4 heteroatoms. The van der Waals surface area contributed by atoms with E-state index in [0.717, 1.165) is 17.7 Å². The molecule has 1 unspecified atom stereocenters. The molecule has 0 aliphatic heterocycles. The van der Waals surface area contributed by atoms with Gasteiger partial charge in [-0.25, -0.2) is 0 Å². The highest BCUT2D eigenvalue weighted by Crippen LogP contribution is 2.18. The lowest BCUT2D eigenvalue weighted by atomic mass is 10.0. The third kappa shape index (κ3) is 3.51. The normalized spacial score (nSPS) is 12.4. The van der Waals surface area contributed by atoms with Gasteiger partial charge in [0.25, 0.3) is 0 Å². The maximum atomic E-state index is 5.64. The van der Waals surface area contributed by atoms with Gasteiger partial charge >= 0.3 is 0 Å². The number of aromatic nitrogens is 1. The second-order valence-electron chi connectivity index (χ2n) is 4.28. The van der Waals surface area contributed by atoms with E-state index in [1.807, 2.05) is 19.2 Å². The Morgan fingerprint density at radius 2 is 1.94 bits per heavy atom. The summed E-state index contributed by atoms with van der Waals surface area (Å²) >= 11 is 2.30. The number of hydrogen-bond donors (Lipinski definition) is 2. The molecule has 1 atom stereocenters. The number of benzene rings is 1. The van der Waals surface area contributed by atoms with Gasteiger partial charge in [0.05, 0.1) is 6.04 Å². The molecule has 0 spiro atoms. The first-order valence-corrected chi connectivity index (χ1v) is 6.90. The molecule has 18 heavy (non-hydrogen) atoms. The van der Waals surface area contributed by atoms with E-state index < -0.39 is 0 Å². The van der Waals surface area contributed by atoms with Gasteiger partial charge < -0.3 is 0 Å². The molecule has 1 aromatic carbocycles. The van der Waals surface area contributed by atoms with Crippen molar-refractivity contribution in [2.45, 2.75) is 19.4 Å². The Morgan fingerprint density at radius 1 is 1.22 bits per heavy atom. The van der Waals surface area contributed by atoms with Gasteiger partial charge in [0.15, 0.2) is 0 Å². The van der Waals surface area contributed by atoms with E-state index in [-0.39, 0.29) is 6.04 Å². The van der Waals surface area contributed by atoms with Crippen LogP contribution in [0.1, 0.15) is 22.9 Å². The molecule has 2 aromatic rings. The quantitative estimate of drug-likeness (QED) is 0.505. The SMILES string of the molecule is Cc1ccc(C(Cc2ccc(I)cc2)NN)cn1. The molecule has 1 heterocycles. The zero-order valence-electron chi connectivity index (χ0n) is 10.2. The van der Waals surface area contributed by atoms with Crippen molar-refractivity contribution in [1.82, 2.24) is 10.4 Å². The highest BCUT2D eigenvalue weighted by atomic mass is 127.